The van der Waals surface area contributed by atoms with Crippen LogP contribution in [0.2, 0.25) is 0 Å². The first-order chi connectivity index (χ1) is 8.63. The van der Waals surface area contributed by atoms with Crippen LogP contribution < -0.4 is 5.73 Å². The molecule has 0 aliphatic heterocycles. The number of nitrogens with zero attached hydrogens (tertiary/aromatic N) is 1. The molecule has 0 aromatic carbocycles. The second-order valence-electron chi connectivity index (χ2n) is 5.33. The van der Waals surface area contributed by atoms with Gasteiger partial charge in [0.25, 0.3) is 0 Å². The Morgan fingerprint density at radius 3 is 2.33 bits per heavy atom. The van der Waals surface area contributed by atoms with Gasteiger partial charge in [0, 0.05) is 19.1 Å². The van der Waals surface area contributed by atoms with Crippen molar-refractivity contribution in [3.05, 3.63) is 24.2 Å². The lowest BCUT2D eigenvalue weighted by Gasteiger charge is -2.37. The van der Waals surface area contributed by atoms with Gasteiger partial charge in [0.2, 0.25) is 0 Å². The summed E-state index contributed by atoms with van der Waals surface area (Å²) in [4.78, 5) is 2.52. The fourth-order valence-electron chi connectivity index (χ4n) is 2.61. The Bertz CT molecular complexity index is 304. The summed E-state index contributed by atoms with van der Waals surface area (Å²) in [7, 11) is 0. The zero-order chi connectivity index (χ0) is 13.5. The molecule has 0 spiro atoms. The Hall–Kier alpha value is -0.800. The van der Waals surface area contributed by atoms with Gasteiger partial charge in [-0.2, -0.15) is 0 Å². The maximum atomic E-state index is 5.99. The molecule has 3 heteroatoms. The van der Waals surface area contributed by atoms with Crippen molar-refractivity contribution in [1.29, 1.82) is 0 Å². The minimum Gasteiger partial charge on any atom is -0.468 e. The van der Waals surface area contributed by atoms with E-state index in [4.69, 9.17) is 10.2 Å². The van der Waals surface area contributed by atoms with Crippen molar-refractivity contribution in [3.63, 3.8) is 0 Å². The highest BCUT2D eigenvalue weighted by atomic mass is 16.3. The molecule has 0 aliphatic rings. The molecule has 0 aliphatic carbocycles. The first kappa shape index (κ1) is 15.3. The largest absolute Gasteiger partial charge is 0.468 e. The van der Waals surface area contributed by atoms with Crippen molar-refractivity contribution in [2.45, 2.75) is 52.6 Å². The molecule has 1 aromatic rings. The molecular weight excluding hydrogens is 224 g/mol. The summed E-state index contributed by atoms with van der Waals surface area (Å²) < 4.78 is 5.57. The normalized spacial score (nSPS) is 13.8. The average Bonchev–Trinajstić information content (AvgIpc) is 2.84. The average molecular weight is 252 g/mol. The van der Waals surface area contributed by atoms with E-state index in [0.717, 1.165) is 25.1 Å². The Morgan fingerprint density at radius 1 is 1.28 bits per heavy atom. The first-order valence-corrected chi connectivity index (χ1v) is 7.13. The molecule has 0 amide bonds. The predicted molar refractivity (Wildman–Crippen MR) is 76.4 cm³/mol. The fourth-order valence-corrected chi connectivity index (χ4v) is 2.61. The van der Waals surface area contributed by atoms with Gasteiger partial charge in [-0.15, -0.1) is 0 Å². The van der Waals surface area contributed by atoms with E-state index in [1.54, 1.807) is 6.26 Å². The van der Waals surface area contributed by atoms with Gasteiger partial charge in [0.1, 0.15) is 5.76 Å². The van der Waals surface area contributed by atoms with Crippen LogP contribution in [0.3, 0.4) is 0 Å². The predicted octanol–water partition coefficient (Wildman–Crippen LogP) is 3.43. The van der Waals surface area contributed by atoms with Crippen molar-refractivity contribution in [3.8, 4) is 0 Å². The number of furan rings is 1. The van der Waals surface area contributed by atoms with Gasteiger partial charge in [0.15, 0.2) is 0 Å². The summed E-state index contributed by atoms with van der Waals surface area (Å²) in [6.07, 6.45) is 4.04. The summed E-state index contributed by atoms with van der Waals surface area (Å²) >= 11 is 0. The van der Waals surface area contributed by atoms with E-state index in [0.29, 0.717) is 18.5 Å². The third-order valence-corrected chi connectivity index (χ3v) is 3.48. The highest BCUT2D eigenvalue weighted by Gasteiger charge is 2.27. The van der Waals surface area contributed by atoms with Crippen molar-refractivity contribution in [2.75, 3.05) is 13.1 Å². The standard InChI is InChI=1S/C15H28N2O/c1-5-13(6-2)17(11-12(3)4)14(10-16)15-8-7-9-18-15/h7-9,12-14H,5-6,10-11,16H2,1-4H3. The van der Waals surface area contributed by atoms with Gasteiger partial charge in [0.05, 0.1) is 12.3 Å². The Balaban J connectivity index is 2.91. The fraction of sp³-hybridized carbons (Fsp3) is 0.733. The van der Waals surface area contributed by atoms with Crippen LogP contribution in [-0.4, -0.2) is 24.0 Å². The highest BCUT2D eigenvalue weighted by Crippen LogP contribution is 2.26. The minimum atomic E-state index is 0.201. The SMILES string of the molecule is CCC(CC)N(CC(C)C)C(CN)c1ccco1. The molecule has 0 bridgehead atoms. The van der Waals surface area contributed by atoms with Gasteiger partial charge in [-0.1, -0.05) is 27.7 Å². The number of nitrogens with two attached hydrogens (primary N) is 1. The molecule has 1 rings (SSSR count). The molecule has 18 heavy (non-hydrogen) atoms. The molecule has 3 nitrogen and oxygen atoms in total. The van der Waals surface area contributed by atoms with E-state index >= 15 is 0 Å². The zero-order valence-corrected chi connectivity index (χ0v) is 12.2. The number of rotatable bonds is 8. The Kier molecular flexibility index (Phi) is 6.44. The summed E-state index contributed by atoms with van der Waals surface area (Å²) in [6.45, 7) is 10.7. The van der Waals surface area contributed by atoms with Crippen LogP contribution in [0.1, 0.15) is 52.3 Å². The van der Waals surface area contributed by atoms with Gasteiger partial charge in [-0.3, -0.25) is 4.90 Å². The summed E-state index contributed by atoms with van der Waals surface area (Å²) in [6, 6.07) is 4.75. The lowest BCUT2D eigenvalue weighted by atomic mass is 10.0. The molecule has 0 fully saturated rings. The van der Waals surface area contributed by atoms with E-state index in [1.165, 1.54) is 0 Å². The molecular formula is C15H28N2O. The van der Waals surface area contributed by atoms with E-state index < -0.39 is 0 Å². The number of hydrogen-bond acceptors (Lipinski definition) is 3. The van der Waals surface area contributed by atoms with Gasteiger partial charge in [-0.05, 0) is 30.9 Å². The van der Waals surface area contributed by atoms with E-state index in [1.807, 2.05) is 12.1 Å². The molecule has 1 atom stereocenters. The summed E-state index contributed by atoms with van der Waals surface area (Å²) in [5.74, 6) is 1.62. The second kappa shape index (κ2) is 7.59. The maximum absolute atomic E-state index is 5.99. The van der Waals surface area contributed by atoms with Crippen LogP contribution in [0.15, 0.2) is 22.8 Å². The third kappa shape index (κ3) is 3.85. The Morgan fingerprint density at radius 2 is 1.94 bits per heavy atom. The van der Waals surface area contributed by atoms with Crippen molar-refractivity contribution < 1.29 is 4.42 Å². The van der Waals surface area contributed by atoms with Crippen LogP contribution in [0, 0.1) is 5.92 Å². The van der Waals surface area contributed by atoms with Crippen LogP contribution in [-0.2, 0) is 0 Å². The van der Waals surface area contributed by atoms with E-state index in [9.17, 15) is 0 Å². The Labute approximate surface area is 111 Å². The van der Waals surface area contributed by atoms with Gasteiger partial charge >= 0.3 is 0 Å². The summed E-state index contributed by atoms with van der Waals surface area (Å²) in [5, 5.41) is 0. The molecule has 0 saturated carbocycles. The van der Waals surface area contributed by atoms with Crippen LogP contribution in [0.25, 0.3) is 0 Å². The zero-order valence-electron chi connectivity index (χ0n) is 12.2. The molecule has 0 saturated heterocycles. The van der Waals surface area contributed by atoms with Crippen molar-refractivity contribution in [1.82, 2.24) is 4.90 Å². The van der Waals surface area contributed by atoms with Gasteiger partial charge < -0.3 is 10.2 Å². The lowest BCUT2D eigenvalue weighted by molar-refractivity contribution is 0.0992. The minimum absolute atomic E-state index is 0.201. The van der Waals surface area contributed by atoms with Crippen molar-refractivity contribution >= 4 is 0 Å². The molecule has 2 N–H and O–H groups in total. The third-order valence-electron chi connectivity index (χ3n) is 3.48. The molecule has 1 unspecified atom stereocenters. The number of hydrogen-bond donors (Lipinski definition) is 1. The van der Waals surface area contributed by atoms with Crippen LogP contribution in [0.5, 0.6) is 0 Å². The molecule has 0 radical (unpaired) electrons. The van der Waals surface area contributed by atoms with Crippen LogP contribution >= 0.6 is 0 Å². The maximum Gasteiger partial charge on any atom is 0.122 e. The highest BCUT2D eigenvalue weighted by molar-refractivity contribution is 5.06. The smallest absolute Gasteiger partial charge is 0.122 e. The molecule has 1 aromatic heterocycles. The van der Waals surface area contributed by atoms with Crippen LogP contribution in [0.4, 0.5) is 0 Å². The second-order valence-corrected chi connectivity index (χ2v) is 5.33. The topological polar surface area (TPSA) is 42.4 Å². The van der Waals surface area contributed by atoms with E-state index in [2.05, 4.69) is 32.6 Å². The summed E-state index contributed by atoms with van der Waals surface area (Å²) in [5.41, 5.74) is 5.99. The molecule has 104 valence electrons. The quantitative estimate of drug-likeness (QED) is 0.771. The van der Waals surface area contributed by atoms with E-state index in [-0.39, 0.29) is 6.04 Å². The monoisotopic (exact) mass is 252 g/mol. The van der Waals surface area contributed by atoms with Crippen molar-refractivity contribution in [2.24, 2.45) is 11.7 Å². The van der Waals surface area contributed by atoms with Gasteiger partial charge in [-0.25, -0.2) is 0 Å². The lowest BCUT2D eigenvalue weighted by Crippen LogP contribution is -2.42. The first-order valence-electron chi connectivity index (χ1n) is 7.13. The molecule has 1 heterocycles.